The van der Waals surface area contributed by atoms with Crippen LogP contribution in [0.1, 0.15) is 13.8 Å². The Kier molecular flexibility index (Phi) is 7.26. The normalized spacial score (nSPS) is 13.2. The maximum atomic E-state index is 10.0. The van der Waals surface area contributed by atoms with E-state index in [4.69, 9.17) is 10.1 Å². The molecule has 0 aliphatic carbocycles. The zero-order chi connectivity index (χ0) is 26.3. The van der Waals surface area contributed by atoms with Crippen molar-refractivity contribution in [1.82, 2.24) is 15.0 Å². The number of carbonyl (C=O) groups is 1. The number of benzene rings is 2. The number of aliphatic hydroxyl groups is 1. The van der Waals surface area contributed by atoms with Crippen molar-refractivity contribution in [1.29, 1.82) is 0 Å². The van der Waals surface area contributed by atoms with Gasteiger partial charge in [-0.25, -0.2) is 0 Å². The van der Waals surface area contributed by atoms with Crippen LogP contribution in [0.2, 0.25) is 0 Å². The second kappa shape index (κ2) is 10.6. The monoisotopic (exact) mass is 705 g/mol. The summed E-state index contributed by atoms with van der Waals surface area (Å²) < 4.78 is 0. The van der Waals surface area contributed by atoms with Crippen LogP contribution in [0.3, 0.4) is 0 Å². The van der Waals surface area contributed by atoms with Gasteiger partial charge >= 0.3 is 0 Å². The van der Waals surface area contributed by atoms with Crippen molar-refractivity contribution in [2.75, 3.05) is 0 Å². The molecule has 7 rings (SSSR count). The van der Waals surface area contributed by atoms with E-state index >= 15 is 0 Å². The van der Waals surface area contributed by atoms with E-state index < -0.39 is 8.07 Å². The van der Waals surface area contributed by atoms with Crippen LogP contribution in [-0.4, -0.2) is 33.9 Å². The molecule has 0 saturated heterocycles. The molecule has 39 heavy (non-hydrogen) atoms. The summed E-state index contributed by atoms with van der Waals surface area (Å²) in [5.41, 5.74) is 7.00. The third kappa shape index (κ3) is 4.30. The quantitative estimate of drug-likeness (QED) is 0.129. The van der Waals surface area contributed by atoms with Gasteiger partial charge in [0.25, 0.3) is 0 Å². The molecule has 2 aliphatic heterocycles. The summed E-state index contributed by atoms with van der Waals surface area (Å²) in [7, 11) is -2.49. The first-order valence-electron chi connectivity index (χ1n) is 12.4. The molecular formula is C32H24N3O2PtSi-. The topological polar surface area (TPSA) is 76.0 Å². The molecule has 0 saturated carbocycles. The predicted molar refractivity (Wildman–Crippen MR) is 153 cm³/mol. The van der Waals surface area contributed by atoms with Gasteiger partial charge in [0, 0.05) is 69.3 Å². The molecule has 3 aromatic heterocycles. The van der Waals surface area contributed by atoms with Crippen molar-refractivity contribution in [3.63, 3.8) is 0 Å². The molecule has 0 fully saturated rings. The minimum atomic E-state index is -2.49. The van der Waals surface area contributed by atoms with Gasteiger partial charge in [-0.2, -0.15) is 0 Å². The van der Waals surface area contributed by atoms with E-state index in [9.17, 15) is 4.79 Å². The van der Waals surface area contributed by atoms with Crippen LogP contribution in [0.25, 0.3) is 33.5 Å². The van der Waals surface area contributed by atoms with Crippen molar-refractivity contribution in [2.24, 2.45) is 0 Å². The summed E-state index contributed by atoms with van der Waals surface area (Å²) in [5, 5.41) is 13.8. The number of hydrogen-bond donors (Lipinski definition) is 1. The van der Waals surface area contributed by atoms with Crippen LogP contribution in [0.5, 0.6) is 0 Å². The smallest absolute Gasteiger partial charge is 0.155 e. The fourth-order valence-electron chi connectivity index (χ4n) is 5.73. The summed E-state index contributed by atoms with van der Waals surface area (Å²) in [4.78, 5) is 23.8. The zero-order valence-corrected chi connectivity index (χ0v) is 24.6. The second-order valence-electron chi connectivity index (χ2n) is 9.43. The van der Waals surface area contributed by atoms with Gasteiger partial charge in [-0.05, 0) is 48.1 Å². The first-order valence-corrected chi connectivity index (χ1v) is 14.4. The predicted octanol–water partition coefficient (Wildman–Crippen LogP) is 3.71. The average Bonchev–Trinajstić information content (AvgIpc) is 3.40. The number of aliphatic hydroxyl groups excluding tert-OH is 1. The van der Waals surface area contributed by atoms with Crippen LogP contribution in [-0.2, 0) is 25.9 Å². The molecule has 2 aromatic carbocycles. The minimum Gasteiger partial charge on any atom is -0.512 e. The third-order valence-electron chi connectivity index (χ3n) is 7.05. The Morgan fingerprint density at radius 3 is 2.08 bits per heavy atom. The van der Waals surface area contributed by atoms with Crippen LogP contribution < -0.4 is 20.7 Å². The molecule has 5 aromatic rings. The SMILES string of the molecule is CC(=O)/C=C(/C)O.[Pt].[c-]1cc(-c2ccccc2)cc2c1-c1ncccc1[Si]21c2ccncc2-c2cnccc21. The Balaban J connectivity index is 0.000000345. The van der Waals surface area contributed by atoms with E-state index in [1.807, 2.05) is 31.0 Å². The largest absolute Gasteiger partial charge is 0.512 e. The second-order valence-corrected chi connectivity index (χ2v) is 13.1. The average molecular weight is 706 g/mol. The van der Waals surface area contributed by atoms with E-state index in [2.05, 4.69) is 82.8 Å². The molecular weight excluding hydrogens is 682 g/mol. The number of rotatable bonds is 2. The van der Waals surface area contributed by atoms with E-state index in [1.165, 1.54) is 62.9 Å². The van der Waals surface area contributed by atoms with Gasteiger partial charge in [-0.15, -0.1) is 28.9 Å². The first-order chi connectivity index (χ1) is 18.5. The summed E-state index contributed by atoms with van der Waals surface area (Å²) >= 11 is 0. The van der Waals surface area contributed by atoms with Gasteiger partial charge in [0.15, 0.2) is 5.78 Å². The summed E-state index contributed by atoms with van der Waals surface area (Å²) in [6.07, 6.45) is 10.9. The van der Waals surface area contributed by atoms with Gasteiger partial charge in [-0.3, -0.25) is 14.8 Å². The number of ketones is 1. The molecule has 5 heterocycles. The molecule has 0 atom stereocenters. The molecule has 5 nitrogen and oxygen atoms in total. The van der Waals surface area contributed by atoms with E-state index in [1.54, 1.807) is 0 Å². The minimum absolute atomic E-state index is 0. The number of aromatic nitrogens is 3. The number of nitrogens with zero attached hydrogens (tertiary/aromatic N) is 3. The molecule has 2 aliphatic rings. The summed E-state index contributed by atoms with van der Waals surface area (Å²) in [6, 6.07) is 27.4. The van der Waals surface area contributed by atoms with Crippen LogP contribution >= 0.6 is 0 Å². The fourth-order valence-corrected chi connectivity index (χ4v) is 11.2. The van der Waals surface area contributed by atoms with Crippen LogP contribution in [0, 0.1) is 6.07 Å². The maximum absolute atomic E-state index is 10.0. The van der Waals surface area contributed by atoms with E-state index in [0.717, 1.165) is 11.3 Å². The van der Waals surface area contributed by atoms with Gasteiger partial charge in [0.2, 0.25) is 0 Å². The van der Waals surface area contributed by atoms with Gasteiger partial charge in [-0.1, -0.05) is 52.7 Å². The van der Waals surface area contributed by atoms with Crippen molar-refractivity contribution < 1.29 is 31.0 Å². The van der Waals surface area contributed by atoms with Crippen molar-refractivity contribution in [2.45, 2.75) is 13.8 Å². The van der Waals surface area contributed by atoms with Crippen molar-refractivity contribution in [3.8, 4) is 33.5 Å². The Morgan fingerprint density at radius 2 is 1.49 bits per heavy atom. The summed E-state index contributed by atoms with van der Waals surface area (Å²) in [6.45, 7) is 2.85. The van der Waals surface area contributed by atoms with Crippen molar-refractivity contribution in [3.05, 3.63) is 116 Å². The number of allylic oxidation sites excluding steroid dienone is 2. The molecule has 0 amide bonds. The molecule has 194 valence electrons. The standard InChI is InChI=1S/C27H16N3Si.C5H8O2.Pt/c1-2-5-18(6-3-1)19-8-9-20-26(15-19)31(25-7-4-12-30-27(20)25)23-10-13-28-16-21(23)22-17-29-14-11-24(22)31;1-4(6)3-5(2)7;/h1-8,10-17H;3,6H,1-2H3;/q-1;;/b;4-3-;. The van der Waals surface area contributed by atoms with Crippen LogP contribution in [0.15, 0.2) is 110 Å². The maximum Gasteiger partial charge on any atom is 0.155 e. The van der Waals surface area contributed by atoms with Gasteiger partial charge in [0.05, 0.1) is 5.76 Å². The zero-order valence-electron chi connectivity index (χ0n) is 21.3. The molecule has 7 heteroatoms. The van der Waals surface area contributed by atoms with E-state index in [-0.39, 0.29) is 32.6 Å². The van der Waals surface area contributed by atoms with E-state index in [0.29, 0.717) is 0 Å². The summed E-state index contributed by atoms with van der Waals surface area (Å²) in [5.74, 6) is -0.0625. The number of hydrogen-bond acceptors (Lipinski definition) is 5. The van der Waals surface area contributed by atoms with Gasteiger partial charge in [0.1, 0.15) is 8.07 Å². The van der Waals surface area contributed by atoms with Crippen LogP contribution in [0.4, 0.5) is 0 Å². The number of pyridine rings is 3. The first kappa shape index (κ1) is 26.6. The Morgan fingerprint density at radius 1 is 0.821 bits per heavy atom. The molecule has 1 spiro atoms. The Bertz CT molecular complexity index is 1670. The number of fused-ring (bicyclic) bond motifs is 10. The molecule has 0 radical (unpaired) electrons. The molecule has 1 N–H and O–H groups in total. The number of carbonyl (C=O) groups excluding carboxylic acids is 1. The third-order valence-corrected chi connectivity index (χ3v) is 12.0. The Labute approximate surface area is 242 Å². The Hall–Kier alpha value is -3.99. The van der Waals surface area contributed by atoms with Crippen molar-refractivity contribution >= 4 is 34.6 Å². The fraction of sp³-hybridized carbons (Fsp3) is 0.0625. The van der Waals surface area contributed by atoms with Gasteiger partial charge < -0.3 is 10.1 Å². The molecule has 0 unspecified atom stereocenters. The molecule has 0 bridgehead atoms.